The third-order valence-electron chi connectivity index (χ3n) is 3.58. The lowest BCUT2D eigenvalue weighted by Gasteiger charge is -2.30. The van der Waals surface area contributed by atoms with Crippen LogP contribution in [0.4, 0.5) is 5.69 Å². The third-order valence-corrected chi connectivity index (χ3v) is 4.16. The SMILES string of the molecule is O=C(O)c1ccc2c(c1)OCCN2C(=O)c1cc(Cl)c(O)c(Cl)c1. The summed E-state index contributed by atoms with van der Waals surface area (Å²) in [5.41, 5.74) is 0.730. The van der Waals surface area contributed by atoms with Crippen LogP contribution >= 0.6 is 23.2 Å². The quantitative estimate of drug-likeness (QED) is 0.848. The Morgan fingerprint density at radius 3 is 2.38 bits per heavy atom. The van der Waals surface area contributed by atoms with Gasteiger partial charge in [-0.25, -0.2) is 4.79 Å². The minimum Gasteiger partial charge on any atom is -0.505 e. The van der Waals surface area contributed by atoms with Crippen LogP contribution in [0.3, 0.4) is 0 Å². The molecule has 1 heterocycles. The number of phenols is 1. The van der Waals surface area contributed by atoms with Gasteiger partial charge in [0.2, 0.25) is 0 Å². The highest BCUT2D eigenvalue weighted by atomic mass is 35.5. The van der Waals surface area contributed by atoms with Crippen molar-refractivity contribution < 1.29 is 24.5 Å². The number of carboxylic acids is 1. The molecule has 3 rings (SSSR count). The number of carbonyl (C=O) groups excluding carboxylic acids is 1. The van der Waals surface area contributed by atoms with Crippen molar-refractivity contribution in [2.75, 3.05) is 18.1 Å². The van der Waals surface area contributed by atoms with Crippen LogP contribution in [0, 0.1) is 0 Å². The average Bonchev–Trinajstić information content (AvgIpc) is 2.57. The smallest absolute Gasteiger partial charge is 0.335 e. The average molecular weight is 368 g/mol. The molecule has 0 saturated carbocycles. The van der Waals surface area contributed by atoms with E-state index in [1.54, 1.807) is 0 Å². The summed E-state index contributed by atoms with van der Waals surface area (Å²) in [5.74, 6) is -1.44. The molecule has 0 unspecified atom stereocenters. The number of benzene rings is 2. The second-order valence-electron chi connectivity index (χ2n) is 5.08. The largest absolute Gasteiger partial charge is 0.505 e. The van der Waals surface area contributed by atoms with E-state index in [9.17, 15) is 14.7 Å². The maximum atomic E-state index is 12.8. The molecule has 1 amide bonds. The molecule has 0 saturated heterocycles. The molecule has 0 radical (unpaired) electrons. The van der Waals surface area contributed by atoms with Gasteiger partial charge in [-0.1, -0.05) is 23.2 Å². The Morgan fingerprint density at radius 2 is 1.75 bits per heavy atom. The van der Waals surface area contributed by atoms with Crippen molar-refractivity contribution in [3.05, 3.63) is 51.5 Å². The van der Waals surface area contributed by atoms with Crippen molar-refractivity contribution in [1.29, 1.82) is 0 Å². The second kappa shape index (κ2) is 6.22. The van der Waals surface area contributed by atoms with Gasteiger partial charge >= 0.3 is 5.97 Å². The van der Waals surface area contributed by atoms with Gasteiger partial charge in [0.15, 0.2) is 5.75 Å². The maximum Gasteiger partial charge on any atom is 0.335 e. The number of anilines is 1. The van der Waals surface area contributed by atoms with Crippen molar-refractivity contribution in [1.82, 2.24) is 0 Å². The molecule has 0 fully saturated rings. The first-order valence-corrected chi connectivity index (χ1v) is 7.64. The van der Waals surface area contributed by atoms with E-state index in [-0.39, 0.29) is 46.0 Å². The molecular weight excluding hydrogens is 357 g/mol. The standard InChI is InChI=1S/C16H11Cl2NO5/c17-10-5-9(6-11(18)14(10)20)15(21)19-3-4-24-13-7-8(16(22)23)1-2-12(13)19/h1-2,5-7,20H,3-4H2,(H,22,23). The Bertz CT molecular complexity index is 829. The number of carboxylic acid groups (broad SMARTS) is 1. The summed E-state index contributed by atoms with van der Waals surface area (Å²) in [5, 5.41) is 18.6. The van der Waals surface area contributed by atoms with Gasteiger partial charge < -0.3 is 19.8 Å². The normalized spacial score (nSPS) is 13.2. The Balaban J connectivity index is 2.00. The fourth-order valence-electron chi connectivity index (χ4n) is 2.41. The second-order valence-corrected chi connectivity index (χ2v) is 5.90. The van der Waals surface area contributed by atoms with Gasteiger partial charge in [0.1, 0.15) is 12.4 Å². The van der Waals surface area contributed by atoms with Crippen molar-refractivity contribution in [3.8, 4) is 11.5 Å². The number of aromatic hydroxyl groups is 1. The number of phenolic OH excluding ortho intramolecular Hbond substituents is 1. The van der Waals surface area contributed by atoms with Crippen molar-refractivity contribution >= 4 is 40.8 Å². The summed E-state index contributed by atoms with van der Waals surface area (Å²) in [6, 6.07) is 6.93. The molecule has 0 aliphatic carbocycles. The summed E-state index contributed by atoms with van der Waals surface area (Å²) in [6.07, 6.45) is 0. The minimum atomic E-state index is -1.08. The lowest BCUT2D eigenvalue weighted by Crippen LogP contribution is -2.38. The summed E-state index contributed by atoms with van der Waals surface area (Å²) in [6.45, 7) is 0.510. The van der Waals surface area contributed by atoms with Crippen LogP contribution in [-0.2, 0) is 0 Å². The highest BCUT2D eigenvalue weighted by Gasteiger charge is 2.26. The van der Waals surface area contributed by atoms with Crippen molar-refractivity contribution in [3.63, 3.8) is 0 Å². The predicted octanol–water partition coefficient (Wildman–Crippen LogP) is 3.44. The van der Waals surface area contributed by atoms with E-state index in [2.05, 4.69) is 0 Å². The van der Waals surface area contributed by atoms with E-state index in [0.717, 1.165) is 0 Å². The topological polar surface area (TPSA) is 87.1 Å². The number of ether oxygens (including phenoxy) is 1. The zero-order valence-corrected chi connectivity index (χ0v) is 13.6. The van der Waals surface area contributed by atoms with Gasteiger partial charge in [-0.2, -0.15) is 0 Å². The van der Waals surface area contributed by atoms with E-state index in [1.807, 2.05) is 0 Å². The van der Waals surface area contributed by atoms with Gasteiger partial charge in [0, 0.05) is 5.56 Å². The summed E-state index contributed by atoms with van der Waals surface area (Å²) in [4.78, 5) is 25.2. The van der Waals surface area contributed by atoms with Gasteiger partial charge in [0.05, 0.1) is 27.8 Å². The first-order chi connectivity index (χ1) is 11.4. The molecular formula is C16H11Cl2NO5. The fourth-order valence-corrected chi connectivity index (χ4v) is 2.90. The molecule has 2 aromatic rings. The third kappa shape index (κ3) is 2.86. The van der Waals surface area contributed by atoms with Gasteiger partial charge in [-0.15, -0.1) is 0 Å². The number of fused-ring (bicyclic) bond motifs is 1. The minimum absolute atomic E-state index is 0.0273. The maximum absolute atomic E-state index is 12.8. The molecule has 124 valence electrons. The first-order valence-electron chi connectivity index (χ1n) is 6.88. The van der Waals surface area contributed by atoms with Gasteiger partial charge in [-0.05, 0) is 30.3 Å². The summed E-state index contributed by atoms with van der Waals surface area (Å²) in [7, 11) is 0. The number of aromatic carboxylic acids is 1. The Kier molecular flexibility index (Phi) is 4.26. The molecule has 0 bridgehead atoms. The molecule has 2 aromatic carbocycles. The highest BCUT2D eigenvalue weighted by Crippen LogP contribution is 2.36. The lowest BCUT2D eigenvalue weighted by atomic mass is 10.1. The van der Waals surface area contributed by atoms with Crippen LogP contribution in [0.2, 0.25) is 10.0 Å². The molecule has 0 aromatic heterocycles. The molecule has 1 aliphatic rings. The number of carbonyl (C=O) groups is 2. The predicted molar refractivity (Wildman–Crippen MR) is 88.7 cm³/mol. The van der Waals surface area contributed by atoms with Gasteiger partial charge in [-0.3, -0.25) is 4.79 Å². The Hall–Kier alpha value is -2.44. The molecule has 0 atom stereocenters. The molecule has 24 heavy (non-hydrogen) atoms. The molecule has 0 spiro atoms. The number of rotatable bonds is 2. The zero-order valence-electron chi connectivity index (χ0n) is 12.1. The number of hydrogen-bond donors (Lipinski definition) is 2. The van der Waals surface area contributed by atoms with Crippen LogP contribution in [0.15, 0.2) is 30.3 Å². The zero-order chi connectivity index (χ0) is 17.4. The van der Waals surface area contributed by atoms with Crippen molar-refractivity contribution in [2.45, 2.75) is 0 Å². The van der Waals surface area contributed by atoms with Crippen LogP contribution in [0.5, 0.6) is 11.5 Å². The number of amides is 1. The van der Waals surface area contributed by atoms with Crippen LogP contribution < -0.4 is 9.64 Å². The van der Waals surface area contributed by atoms with E-state index < -0.39 is 5.97 Å². The first kappa shape index (κ1) is 16.4. The molecule has 6 nitrogen and oxygen atoms in total. The molecule has 2 N–H and O–H groups in total. The lowest BCUT2D eigenvalue weighted by molar-refractivity contribution is 0.0696. The van der Waals surface area contributed by atoms with Crippen LogP contribution in [0.1, 0.15) is 20.7 Å². The Labute approximate surface area is 146 Å². The summed E-state index contributed by atoms with van der Waals surface area (Å²) >= 11 is 11.7. The molecule has 1 aliphatic heterocycles. The van der Waals surface area contributed by atoms with Crippen LogP contribution in [-0.4, -0.2) is 35.2 Å². The van der Waals surface area contributed by atoms with Crippen LogP contribution in [0.25, 0.3) is 0 Å². The molecule has 8 heteroatoms. The van der Waals surface area contributed by atoms with E-state index >= 15 is 0 Å². The highest BCUT2D eigenvalue weighted by molar-refractivity contribution is 6.37. The number of halogens is 2. The Morgan fingerprint density at radius 1 is 1.08 bits per heavy atom. The van der Waals surface area contributed by atoms with E-state index in [1.165, 1.54) is 35.2 Å². The monoisotopic (exact) mass is 367 g/mol. The van der Waals surface area contributed by atoms with E-state index in [4.69, 9.17) is 33.0 Å². The number of nitrogens with zero attached hydrogens (tertiary/aromatic N) is 1. The van der Waals surface area contributed by atoms with Gasteiger partial charge in [0.25, 0.3) is 5.91 Å². The number of hydrogen-bond acceptors (Lipinski definition) is 4. The van der Waals surface area contributed by atoms with Crippen molar-refractivity contribution in [2.24, 2.45) is 0 Å². The fraction of sp³-hybridized carbons (Fsp3) is 0.125. The van der Waals surface area contributed by atoms with E-state index in [0.29, 0.717) is 11.4 Å². The summed E-state index contributed by atoms with van der Waals surface area (Å²) < 4.78 is 5.45.